The Hall–Kier alpha value is -3.46. The van der Waals surface area contributed by atoms with Crippen LogP contribution in [0.2, 0.25) is 0 Å². The van der Waals surface area contributed by atoms with Gasteiger partial charge in [-0.05, 0) is 68.0 Å². The number of piperidine rings is 1. The van der Waals surface area contributed by atoms with E-state index in [9.17, 15) is 14.4 Å². The van der Waals surface area contributed by atoms with Crippen molar-refractivity contribution >= 4 is 40.6 Å². The van der Waals surface area contributed by atoms with E-state index in [2.05, 4.69) is 23.6 Å². The number of hydrogen-bond donors (Lipinski definition) is 2. The topological polar surface area (TPSA) is 91.0 Å². The van der Waals surface area contributed by atoms with Gasteiger partial charge in [0.05, 0.1) is 17.6 Å². The molecule has 2 aliphatic rings. The van der Waals surface area contributed by atoms with Crippen LogP contribution >= 0.6 is 12.2 Å². The minimum absolute atomic E-state index is 0.00823. The van der Waals surface area contributed by atoms with E-state index in [1.54, 1.807) is 0 Å². The normalized spacial score (nSPS) is 16.2. The molecule has 40 heavy (non-hydrogen) atoms. The number of rotatable bonds is 11. The van der Waals surface area contributed by atoms with Crippen molar-refractivity contribution in [3.8, 4) is 5.75 Å². The molecule has 2 aliphatic heterocycles. The molecule has 9 heteroatoms. The van der Waals surface area contributed by atoms with E-state index in [4.69, 9.17) is 17.0 Å². The summed E-state index contributed by atoms with van der Waals surface area (Å²) in [5.41, 5.74) is 2.89. The van der Waals surface area contributed by atoms with Crippen molar-refractivity contribution in [2.45, 2.75) is 70.9 Å². The molecule has 2 aromatic carbocycles. The summed E-state index contributed by atoms with van der Waals surface area (Å²) in [6, 6.07) is 15.4. The molecule has 8 nitrogen and oxygen atoms in total. The minimum atomic E-state index is -0.140. The summed E-state index contributed by atoms with van der Waals surface area (Å²) < 4.78 is 5.85. The molecule has 1 atom stereocenters. The monoisotopic (exact) mass is 564 g/mol. The number of nitrogens with zero attached hydrogens (tertiary/aromatic N) is 2. The molecule has 0 spiro atoms. The molecule has 0 saturated carbocycles. The highest BCUT2D eigenvalue weighted by molar-refractivity contribution is 7.80. The smallest absolute Gasteiger partial charge is 0.253 e. The van der Waals surface area contributed by atoms with Crippen molar-refractivity contribution < 1.29 is 19.1 Å². The average molecular weight is 565 g/mol. The first-order valence-electron chi connectivity index (χ1n) is 14.3. The van der Waals surface area contributed by atoms with Gasteiger partial charge in [-0.15, -0.1) is 0 Å². The van der Waals surface area contributed by atoms with E-state index in [1.807, 2.05) is 52.3 Å². The van der Waals surface area contributed by atoms with E-state index < -0.39 is 0 Å². The first-order chi connectivity index (χ1) is 19.4. The molecule has 0 aliphatic carbocycles. The molecular weight excluding hydrogens is 524 g/mol. The van der Waals surface area contributed by atoms with E-state index in [1.165, 1.54) is 12.5 Å². The number of amides is 3. The number of para-hydroxylation sites is 1. The zero-order valence-electron chi connectivity index (χ0n) is 23.5. The quantitative estimate of drug-likeness (QED) is 0.313. The Morgan fingerprint density at radius 1 is 1.07 bits per heavy atom. The number of thiocarbonyl (C=S) groups is 1. The third kappa shape index (κ3) is 7.59. The van der Waals surface area contributed by atoms with E-state index in [0.29, 0.717) is 49.0 Å². The maximum absolute atomic E-state index is 13.1. The second kappa shape index (κ2) is 14.3. The SMILES string of the molecule is CCCC(NC(C)=O)C(=S)NCCCOc1ccc(C(=O)N2CCC(N3C(=O)CCc4ccccc43)CC2)cc1. The molecule has 1 unspecified atom stereocenters. The van der Waals surface area contributed by atoms with Gasteiger partial charge in [0.25, 0.3) is 5.91 Å². The lowest BCUT2D eigenvalue weighted by atomic mass is 9.95. The van der Waals surface area contributed by atoms with Gasteiger partial charge in [0.2, 0.25) is 11.8 Å². The van der Waals surface area contributed by atoms with Crippen LogP contribution in [0, 0.1) is 0 Å². The molecule has 1 saturated heterocycles. The Morgan fingerprint density at radius 2 is 1.80 bits per heavy atom. The van der Waals surface area contributed by atoms with Crippen molar-refractivity contribution in [1.29, 1.82) is 0 Å². The Kier molecular flexibility index (Phi) is 10.5. The fraction of sp³-hybridized carbons (Fsp3) is 0.484. The summed E-state index contributed by atoms with van der Waals surface area (Å²) in [5, 5.41) is 6.10. The van der Waals surface area contributed by atoms with Crippen LogP contribution < -0.4 is 20.3 Å². The Labute approximate surface area is 242 Å². The number of hydrogen-bond acceptors (Lipinski definition) is 5. The second-order valence-electron chi connectivity index (χ2n) is 10.5. The molecule has 4 rings (SSSR count). The number of aryl methyl sites for hydroxylation is 1. The molecule has 2 aromatic rings. The Morgan fingerprint density at radius 3 is 2.50 bits per heavy atom. The van der Waals surface area contributed by atoms with Crippen LogP contribution in [-0.4, -0.2) is 65.9 Å². The van der Waals surface area contributed by atoms with Crippen molar-refractivity contribution in [3.05, 3.63) is 59.7 Å². The van der Waals surface area contributed by atoms with Gasteiger partial charge in [0.1, 0.15) is 5.75 Å². The van der Waals surface area contributed by atoms with Gasteiger partial charge in [-0.2, -0.15) is 0 Å². The standard InChI is InChI=1S/C31H40N4O4S/c1-3-7-27(33-22(2)36)30(40)32-18-6-21-39-26-13-10-24(11-14-26)31(38)34-19-16-25(17-20-34)35-28-9-5-4-8-23(28)12-15-29(35)37/h4-5,8-11,13-14,25,27H,3,6-7,12,15-21H2,1-2H3,(H,32,40)(H,33,36). The molecular formula is C31H40N4O4S. The molecule has 2 heterocycles. The summed E-state index contributed by atoms with van der Waals surface area (Å²) in [5.74, 6) is 0.816. The van der Waals surface area contributed by atoms with Crippen LogP contribution in [0.4, 0.5) is 5.69 Å². The number of ether oxygens (including phenoxy) is 1. The predicted octanol–water partition coefficient (Wildman–Crippen LogP) is 4.26. The van der Waals surface area contributed by atoms with E-state index >= 15 is 0 Å². The zero-order chi connectivity index (χ0) is 28.5. The highest BCUT2D eigenvalue weighted by atomic mass is 32.1. The van der Waals surface area contributed by atoms with Gasteiger partial charge in [-0.1, -0.05) is 43.8 Å². The number of carbonyl (C=O) groups is 3. The van der Waals surface area contributed by atoms with Gasteiger partial charge >= 0.3 is 0 Å². The molecule has 214 valence electrons. The maximum atomic E-state index is 13.1. The van der Waals surface area contributed by atoms with E-state index in [-0.39, 0.29) is 29.8 Å². The summed E-state index contributed by atoms with van der Waals surface area (Å²) in [7, 11) is 0. The van der Waals surface area contributed by atoms with Crippen molar-refractivity contribution in [2.75, 3.05) is 31.1 Å². The highest BCUT2D eigenvalue weighted by Crippen LogP contribution is 2.32. The zero-order valence-corrected chi connectivity index (χ0v) is 24.3. The van der Waals surface area contributed by atoms with Crippen molar-refractivity contribution in [1.82, 2.24) is 15.5 Å². The fourth-order valence-corrected chi connectivity index (χ4v) is 5.74. The van der Waals surface area contributed by atoms with Crippen LogP contribution in [0.15, 0.2) is 48.5 Å². The second-order valence-corrected chi connectivity index (χ2v) is 10.9. The number of nitrogens with one attached hydrogen (secondary N) is 2. The van der Waals surface area contributed by atoms with Gasteiger partial charge < -0.3 is 25.2 Å². The lowest BCUT2D eigenvalue weighted by Gasteiger charge is -2.41. The minimum Gasteiger partial charge on any atom is -0.494 e. The van der Waals surface area contributed by atoms with Crippen molar-refractivity contribution in [3.63, 3.8) is 0 Å². The summed E-state index contributed by atoms with van der Waals surface area (Å²) in [6.45, 7) is 5.98. The van der Waals surface area contributed by atoms with E-state index in [0.717, 1.165) is 44.2 Å². The lowest BCUT2D eigenvalue weighted by molar-refractivity contribution is -0.120. The van der Waals surface area contributed by atoms with Gasteiger partial charge in [0, 0.05) is 50.3 Å². The Balaban J connectivity index is 1.20. The predicted molar refractivity (Wildman–Crippen MR) is 161 cm³/mol. The lowest BCUT2D eigenvalue weighted by Crippen LogP contribution is -2.50. The number of fused-ring (bicyclic) bond motifs is 1. The van der Waals surface area contributed by atoms with Crippen LogP contribution in [0.1, 0.15) is 68.3 Å². The largest absolute Gasteiger partial charge is 0.494 e. The summed E-state index contributed by atoms with van der Waals surface area (Å²) in [6.07, 6.45) is 5.38. The molecule has 3 amide bonds. The highest BCUT2D eigenvalue weighted by Gasteiger charge is 2.33. The van der Waals surface area contributed by atoms with Gasteiger partial charge in [-0.3, -0.25) is 14.4 Å². The molecule has 2 N–H and O–H groups in total. The average Bonchev–Trinajstić information content (AvgIpc) is 2.96. The number of carbonyl (C=O) groups excluding carboxylic acids is 3. The molecule has 0 radical (unpaired) electrons. The summed E-state index contributed by atoms with van der Waals surface area (Å²) >= 11 is 5.44. The van der Waals surface area contributed by atoms with Crippen molar-refractivity contribution in [2.24, 2.45) is 0 Å². The van der Waals surface area contributed by atoms with Crippen LogP contribution in [-0.2, 0) is 16.0 Å². The third-order valence-electron chi connectivity index (χ3n) is 7.51. The Bertz CT molecular complexity index is 1190. The van der Waals surface area contributed by atoms with Gasteiger partial charge in [0.15, 0.2) is 0 Å². The number of anilines is 1. The number of likely N-dealkylation sites (tertiary alicyclic amines) is 1. The number of benzene rings is 2. The van der Waals surface area contributed by atoms with Gasteiger partial charge in [-0.25, -0.2) is 0 Å². The maximum Gasteiger partial charge on any atom is 0.253 e. The van der Waals surface area contributed by atoms with Crippen LogP contribution in [0.3, 0.4) is 0 Å². The first kappa shape index (κ1) is 29.5. The summed E-state index contributed by atoms with van der Waals surface area (Å²) in [4.78, 5) is 41.8. The first-order valence-corrected chi connectivity index (χ1v) is 14.7. The molecule has 0 aromatic heterocycles. The molecule has 1 fully saturated rings. The van der Waals surface area contributed by atoms with Crippen LogP contribution in [0.5, 0.6) is 5.75 Å². The fourth-order valence-electron chi connectivity index (χ4n) is 5.46. The van der Waals surface area contributed by atoms with Crippen LogP contribution in [0.25, 0.3) is 0 Å². The third-order valence-corrected chi connectivity index (χ3v) is 7.94. The molecule has 0 bridgehead atoms.